The van der Waals surface area contributed by atoms with Gasteiger partial charge in [-0.15, -0.1) is 0 Å². The average Bonchev–Trinajstić information content (AvgIpc) is 2.67. The first-order valence-corrected chi connectivity index (χ1v) is 8.43. The van der Waals surface area contributed by atoms with Gasteiger partial charge in [-0.3, -0.25) is 0 Å². The second-order valence-electron chi connectivity index (χ2n) is 5.59. The first-order valence-electron chi connectivity index (χ1n) is 8.43. The predicted molar refractivity (Wildman–Crippen MR) is 101 cm³/mol. The molecule has 2 amide bonds. The van der Waals surface area contributed by atoms with Crippen molar-refractivity contribution in [2.24, 2.45) is 0 Å². The minimum atomic E-state index is -0.622. The number of aliphatic hydroxyl groups excluding tert-OH is 1. The van der Waals surface area contributed by atoms with Crippen LogP contribution < -0.4 is 25.4 Å². The number of amides is 2. The van der Waals surface area contributed by atoms with Crippen LogP contribution in [0.1, 0.15) is 0 Å². The van der Waals surface area contributed by atoms with Crippen molar-refractivity contribution in [2.75, 3.05) is 38.7 Å². The number of hydrogen-bond donors (Lipinski definition) is 4. The molecular formula is C19H25N3O4. The van der Waals surface area contributed by atoms with E-state index in [-0.39, 0.29) is 12.6 Å². The van der Waals surface area contributed by atoms with E-state index in [1.807, 2.05) is 30.3 Å². The molecule has 0 aliphatic carbocycles. The Bertz CT molecular complexity index is 650. The fraction of sp³-hybridized carbons (Fsp3) is 0.316. The van der Waals surface area contributed by atoms with Gasteiger partial charge in [-0.1, -0.05) is 18.2 Å². The standard InChI is InChI=1S/C19H25N3O4/c1-25-17-9-7-15(8-10-17)22-19(24)21-12-11-20-13-16(23)14-26-18-5-3-2-4-6-18/h2-10,16,20,23H,11-14H2,1H3,(H2,21,22,24)/t16-/m0/s1. The molecular weight excluding hydrogens is 334 g/mol. The summed E-state index contributed by atoms with van der Waals surface area (Å²) in [5.74, 6) is 1.46. The number of nitrogens with one attached hydrogen (secondary N) is 3. The summed E-state index contributed by atoms with van der Waals surface area (Å²) < 4.78 is 10.5. The summed E-state index contributed by atoms with van der Waals surface area (Å²) in [6.45, 7) is 1.57. The van der Waals surface area contributed by atoms with Crippen molar-refractivity contribution in [2.45, 2.75) is 6.10 Å². The lowest BCUT2D eigenvalue weighted by Gasteiger charge is -2.13. The zero-order valence-corrected chi connectivity index (χ0v) is 14.8. The number of hydrogen-bond acceptors (Lipinski definition) is 5. The fourth-order valence-electron chi connectivity index (χ4n) is 2.15. The van der Waals surface area contributed by atoms with Gasteiger partial charge in [0, 0.05) is 25.3 Å². The van der Waals surface area contributed by atoms with Gasteiger partial charge < -0.3 is 30.5 Å². The van der Waals surface area contributed by atoms with Crippen LogP contribution in [0.3, 0.4) is 0 Å². The lowest BCUT2D eigenvalue weighted by molar-refractivity contribution is 0.106. The number of ether oxygens (including phenoxy) is 2. The number of urea groups is 1. The average molecular weight is 359 g/mol. The minimum absolute atomic E-state index is 0.211. The maximum atomic E-state index is 11.8. The molecule has 0 bridgehead atoms. The number of methoxy groups -OCH3 is 1. The van der Waals surface area contributed by atoms with Crippen LogP contribution in [-0.4, -0.2) is 50.6 Å². The van der Waals surface area contributed by atoms with Crippen LogP contribution in [0.2, 0.25) is 0 Å². The normalized spacial score (nSPS) is 11.5. The molecule has 0 spiro atoms. The summed E-state index contributed by atoms with van der Waals surface area (Å²) in [4.78, 5) is 11.8. The van der Waals surface area contributed by atoms with Crippen molar-refractivity contribution in [3.05, 3.63) is 54.6 Å². The molecule has 0 aliphatic heterocycles. The first-order chi connectivity index (χ1) is 12.7. The number of rotatable bonds is 10. The number of carbonyl (C=O) groups excluding carboxylic acids is 1. The lowest BCUT2D eigenvalue weighted by atomic mass is 10.3. The number of anilines is 1. The molecule has 0 heterocycles. The van der Waals surface area contributed by atoms with Gasteiger partial charge >= 0.3 is 6.03 Å². The number of benzene rings is 2. The van der Waals surface area contributed by atoms with Crippen LogP contribution in [-0.2, 0) is 0 Å². The van der Waals surface area contributed by atoms with Crippen LogP contribution in [0.4, 0.5) is 10.5 Å². The highest BCUT2D eigenvalue weighted by molar-refractivity contribution is 5.89. The summed E-state index contributed by atoms with van der Waals surface area (Å²) >= 11 is 0. The molecule has 2 rings (SSSR count). The number of aliphatic hydroxyl groups is 1. The van der Waals surface area contributed by atoms with E-state index in [1.54, 1.807) is 31.4 Å². The topological polar surface area (TPSA) is 91.9 Å². The molecule has 0 unspecified atom stereocenters. The maximum absolute atomic E-state index is 11.8. The zero-order chi connectivity index (χ0) is 18.6. The molecule has 0 saturated carbocycles. The Morgan fingerprint density at radius 3 is 2.46 bits per heavy atom. The molecule has 4 N–H and O–H groups in total. The summed E-state index contributed by atoms with van der Waals surface area (Å²) in [6.07, 6.45) is -0.622. The van der Waals surface area contributed by atoms with Crippen LogP contribution >= 0.6 is 0 Å². The summed E-state index contributed by atoms with van der Waals surface area (Å²) in [5.41, 5.74) is 0.685. The van der Waals surface area contributed by atoms with Crippen molar-refractivity contribution in [3.63, 3.8) is 0 Å². The number of carbonyl (C=O) groups is 1. The molecule has 26 heavy (non-hydrogen) atoms. The summed E-state index contributed by atoms with van der Waals surface area (Å²) in [6, 6.07) is 16.1. The fourth-order valence-corrected chi connectivity index (χ4v) is 2.15. The Balaban J connectivity index is 1.53. The predicted octanol–water partition coefficient (Wildman–Crippen LogP) is 1.85. The third-order valence-electron chi connectivity index (χ3n) is 3.50. The van der Waals surface area contributed by atoms with Gasteiger partial charge in [0.2, 0.25) is 0 Å². The second kappa shape index (κ2) is 11.0. The van der Waals surface area contributed by atoms with Gasteiger partial charge in [-0.2, -0.15) is 0 Å². The highest BCUT2D eigenvalue weighted by Crippen LogP contribution is 2.14. The van der Waals surface area contributed by atoms with Crippen molar-refractivity contribution < 1.29 is 19.4 Å². The molecule has 0 aliphatic rings. The Hall–Kier alpha value is -2.77. The van der Waals surface area contributed by atoms with Crippen LogP contribution in [0.5, 0.6) is 11.5 Å². The Morgan fingerprint density at radius 2 is 1.77 bits per heavy atom. The molecule has 140 valence electrons. The molecule has 0 radical (unpaired) electrons. The van der Waals surface area contributed by atoms with E-state index in [1.165, 1.54) is 0 Å². The van der Waals surface area contributed by atoms with E-state index in [0.29, 0.717) is 25.3 Å². The van der Waals surface area contributed by atoms with Crippen molar-refractivity contribution in [1.29, 1.82) is 0 Å². The van der Waals surface area contributed by atoms with Crippen molar-refractivity contribution in [3.8, 4) is 11.5 Å². The van der Waals surface area contributed by atoms with Gasteiger partial charge in [-0.05, 0) is 36.4 Å². The molecule has 1 atom stereocenters. The van der Waals surface area contributed by atoms with Crippen molar-refractivity contribution >= 4 is 11.7 Å². The van der Waals surface area contributed by atoms with E-state index >= 15 is 0 Å². The van der Waals surface area contributed by atoms with Gasteiger partial charge in [0.05, 0.1) is 7.11 Å². The Morgan fingerprint density at radius 1 is 1.04 bits per heavy atom. The third kappa shape index (κ3) is 7.42. The molecule has 0 fully saturated rings. The Kier molecular flexibility index (Phi) is 8.25. The SMILES string of the molecule is COc1ccc(NC(=O)NCCNC[C@H](O)COc2ccccc2)cc1. The molecule has 7 nitrogen and oxygen atoms in total. The quantitative estimate of drug-likeness (QED) is 0.486. The molecule has 0 saturated heterocycles. The number of para-hydroxylation sites is 1. The molecule has 0 aromatic heterocycles. The van der Waals surface area contributed by atoms with E-state index in [0.717, 1.165) is 11.5 Å². The van der Waals surface area contributed by atoms with Crippen LogP contribution in [0.15, 0.2) is 54.6 Å². The monoisotopic (exact) mass is 359 g/mol. The third-order valence-corrected chi connectivity index (χ3v) is 3.50. The minimum Gasteiger partial charge on any atom is -0.497 e. The summed E-state index contributed by atoms with van der Waals surface area (Å²) in [7, 11) is 1.59. The highest BCUT2D eigenvalue weighted by atomic mass is 16.5. The molecule has 7 heteroatoms. The van der Waals surface area contributed by atoms with Gasteiger partial charge in [-0.25, -0.2) is 4.79 Å². The van der Waals surface area contributed by atoms with Crippen LogP contribution in [0.25, 0.3) is 0 Å². The lowest BCUT2D eigenvalue weighted by Crippen LogP contribution is -2.38. The molecule has 2 aromatic carbocycles. The zero-order valence-electron chi connectivity index (χ0n) is 14.8. The highest BCUT2D eigenvalue weighted by Gasteiger charge is 2.05. The maximum Gasteiger partial charge on any atom is 0.319 e. The van der Waals surface area contributed by atoms with Gasteiger partial charge in [0.25, 0.3) is 0 Å². The van der Waals surface area contributed by atoms with E-state index in [9.17, 15) is 9.90 Å². The largest absolute Gasteiger partial charge is 0.497 e. The van der Waals surface area contributed by atoms with Crippen molar-refractivity contribution in [1.82, 2.24) is 10.6 Å². The van der Waals surface area contributed by atoms with Crippen LogP contribution in [0, 0.1) is 0 Å². The first kappa shape index (κ1) is 19.6. The summed E-state index contributed by atoms with van der Waals surface area (Å²) in [5, 5.41) is 18.4. The smallest absolute Gasteiger partial charge is 0.319 e. The van der Waals surface area contributed by atoms with E-state index in [4.69, 9.17) is 9.47 Å². The second-order valence-corrected chi connectivity index (χ2v) is 5.59. The Labute approximate surface area is 153 Å². The van der Waals surface area contributed by atoms with Gasteiger partial charge in [0.15, 0.2) is 0 Å². The molecule has 2 aromatic rings. The van der Waals surface area contributed by atoms with E-state index in [2.05, 4.69) is 16.0 Å². The van der Waals surface area contributed by atoms with Gasteiger partial charge in [0.1, 0.15) is 24.2 Å². The van der Waals surface area contributed by atoms with E-state index < -0.39 is 6.10 Å².